The Hall–Kier alpha value is -1.81. The average molecular weight is 231 g/mol. The zero-order valence-electron chi connectivity index (χ0n) is 10.3. The molecule has 0 aliphatic heterocycles. The predicted molar refractivity (Wildman–Crippen MR) is 68.5 cm³/mol. The van der Waals surface area contributed by atoms with Gasteiger partial charge in [-0.3, -0.25) is 5.10 Å². The number of ether oxygens (including phenoxy) is 1. The van der Waals surface area contributed by atoms with E-state index in [-0.39, 0.29) is 5.60 Å². The fourth-order valence-corrected chi connectivity index (χ4v) is 1.70. The van der Waals surface area contributed by atoms with Gasteiger partial charge in [0.15, 0.2) is 0 Å². The number of methoxy groups -OCH3 is 1. The maximum atomic E-state index is 5.78. The van der Waals surface area contributed by atoms with Crippen LogP contribution in [0.2, 0.25) is 0 Å². The van der Waals surface area contributed by atoms with Crippen molar-refractivity contribution < 1.29 is 4.74 Å². The van der Waals surface area contributed by atoms with Gasteiger partial charge in [-0.15, -0.1) is 0 Å². The molecular formula is C13H17N3O. The van der Waals surface area contributed by atoms with Crippen molar-refractivity contribution in [1.82, 2.24) is 10.2 Å². The van der Waals surface area contributed by atoms with Crippen LogP contribution < -0.4 is 5.73 Å². The van der Waals surface area contributed by atoms with Crippen LogP contribution in [0.5, 0.6) is 0 Å². The molecule has 17 heavy (non-hydrogen) atoms. The van der Waals surface area contributed by atoms with E-state index in [0.29, 0.717) is 5.82 Å². The monoisotopic (exact) mass is 231 g/mol. The molecule has 0 radical (unpaired) electrons. The van der Waals surface area contributed by atoms with Gasteiger partial charge in [0.05, 0.1) is 11.8 Å². The summed E-state index contributed by atoms with van der Waals surface area (Å²) in [6.07, 6.45) is 1.73. The lowest BCUT2D eigenvalue weighted by Gasteiger charge is -2.23. The second-order valence-corrected chi connectivity index (χ2v) is 4.49. The minimum atomic E-state index is -0.277. The minimum absolute atomic E-state index is 0.277. The number of nitrogen functional groups attached to an aromatic ring is 1. The summed E-state index contributed by atoms with van der Waals surface area (Å²) in [5.41, 5.74) is 8.60. The number of nitrogens with zero attached hydrogens (tertiary/aromatic N) is 1. The quantitative estimate of drug-likeness (QED) is 0.853. The van der Waals surface area contributed by atoms with Crippen LogP contribution in [0, 0.1) is 0 Å². The lowest BCUT2D eigenvalue weighted by atomic mass is 9.96. The molecule has 0 bridgehead atoms. The summed E-state index contributed by atoms with van der Waals surface area (Å²) in [5, 5.41) is 6.64. The Morgan fingerprint density at radius 1 is 1.24 bits per heavy atom. The highest BCUT2D eigenvalue weighted by Gasteiger charge is 2.19. The van der Waals surface area contributed by atoms with Crippen LogP contribution in [-0.4, -0.2) is 17.3 Å². The maximum Gasteiger partial charge on any atom is 0.126 e. The highest BCUT2D eigenvalue weighted by molar-refractivity contribution is 5.73. The van der Waals surface area contributed by atoms with E-state index in [4.69, 9.17) is 10.5 Å². The SMILES string of the molecule is COC(C)(C)c1ccc(-c2cn[nH]c2N)cc1. The number of rotatable bonds is 3. The van der Waals surface area contributed by atoms with Crippen LogP contribution in [-0.2, 0) is 10.3 Å². The Morgan fingerprint density at radius 2 is 1.88 bits per heavy atom. The minimum Gasteiger partial charge on any atom is -0.384 e. The molecule has 0 aliphatic carbocycles. The first kappa shape index (κ1) is 11.7. The van der Waals surface area contributed by atoms with Gasteiger partial charge in [-0.2, -0.15) is 5.10 Å². The molecule has 0 fully saturated rings. The van der Waals surface area contributed by atoms with Gasteiger partial charge in [-0.1, -0.05) is 24.3 Å². The maximum absolute atomic E-state index is 5.78. The van der Waals surface area contributed by atoms with E-state index < -0.39 is 0 Å². The molecule has 0 atom stereocenters. The van der Waals surface area contributed by atoms with Crippen LogP contribution in [0.1, 0.15) is 19.4 Å². The molecule has 2 rings (SSSR count). The van der Waals surface area contributed by atoms with Crippen molar-refractivity contribution >= 4 is 5.82 Å². The molecule has 2 aromatic rings. The van der Waals surface area contributed by atoms with Crippen molar-refractivity contribution in [3.8, 4) is 11.1 Å². The van der Waals surface area contributed by atoms with Crippen LogP contribution in [0.25, 0.3) is 11.1 Å². The third-order valence-corrected chi connectivity index (χ3v) is 3.07. The Kier molecular flexibility index (Phi) is 2.90. The molecule has 1 heterocycles. The highest BCUT2D eigenvalue weighted by atomic mass is 16.5. The normalized spacial score (nSPS) is 11.7. The van der Waals surface area contributed by atoms with E-state index in [9.17, 15) is 0 Å². The third kappa shape index (κ3) is 2.17. The molecule has 0 amide bonds. The largest absolute Gasteiger partial charge is 0.384 e. The predicted octanol–water partition coefficient (Wildman–Crippen LogP) is 2.54. The van der Waals surface area contributed by atoms with Gasteiger partial charge in [-0.05, 0) is 25.0 Å². The van der Waals surface area contributed by atoms with Gasteiger partial charge in [-0.25, -0.2) is 0 Å². The average Bonchev–Trinajstić information content (AvgIpc) is 2.76. The molecule has 0 spiro atoms. The number of H-pyrrole nitrogens is 1. The van der Waals surface area contributed by atoms with Crippen LogP contribution in [0.4, 0.5) is 5.82 Å². The second-order valence-electron chi connectivity index (χ2n) is 4.49. The van der Waals surface area contributed by atoms with E-state index in [0.717, 1.165) is 16.7 Å². The summed E-state index contributed by atoms with van der Waals surface area (Å²) in [6.45, 7) is 4.07. The number of anilines is 1. The smallest absolute Gasteiger partial charge is 0.126 e. The van der Waals surface area contributed by atoms with Crippen molar-refractivity contribution in [3.63, 3.8) is 0 Å². The Morgan fingerprint density at radius 3 is 2.35 bits per heavy atom. The standard InChI is InChI=1S/C13H17N3O/c1-13(2,17-3)10-6-4-9(5-7-10)11-8-15-16-12(11)14/h4-8H,1-3H3,(H3,14,15,16). The fourth-order valence-electron chi connectivity index (χ4n) is 1.70. The van der Waals surface area contributed by atoms with Crippen molar-refractivity contribution in [2.24, 2.45) is 0 Å². The first-order valence-electron chi connectivity index (χ1n) is 5.49. The molecule has 0 saturated heterocycles. The lowest BCUT2D eigenvalue weighted by molar-refractivity contribution is 0.0192. The van der Waals surface area contributed by atoms with Crippen molar-refractivity contribution in [3.05, 3.63) is 36.0 Å². The van der Waals surface area contributed by atoms with E-state index in [1.165, 1.54) is 0 Å². The van der Waals surface area contributed by atoms with Gasteiger partial charge in [0.25, 0.3) is 0 Å². The molecule has 4 heteroatoms. The summed E-state index contributed by atoms with van der Waals surface area (Å²) < 4.78 is 5.43. The van der Waals surface area contributed by atoms with E-state index in [1.54, 1.807) is 13.3 Å². The number of nitrogens with two attached hydrogens (primary N) is 1. The zero-order valence-corrected chi connectivity index (χ0v) is 10.3. The first-order chi connectivity index (χ1) is 8.04. The van der Waals surface area contributed by atoms with E-state index in [1.807, 2.05) is 38.1 Å². The number of aromatic nitrogens is 2. The number of benzene rings is 1. The zero-order chi connectivity index (χ0) is 12.5. The first-order valence-corrected chi connectivity index (χ1v) is 5.49. The molecule has 4 nitrogen and oxygen atoms in total. The topological polar surface area (TPSA) is 63.9 Å². The van der Waals surface area contributed by atoms with Crippen molar-refractivity contribution in [1.29, 1.82) is 0 Å². The van der Waals surface area contributed by atoms with Crippen molar-refractivity contribution in [2.45, 2.75) is 19.4 Å². The molecule has 1 aromatic heterocycles. The molecule has 0 unspecified atom stereocenters. The van der Waals surface area contributed by atoms with E-state index >= 15 is 0 Å². The summed E-state index contributed by atoms with van der Waals surface area (Å²) in [7, 11) is 1.71. The number of hydrogen-bond acceptors (Lipinski definition) is 3. The van der Waals surface area contributed by atoms with Crippen LogP contribution in [0.15, 0.2) is 30.5 Å². The molecule has 3 N–H and O–H groups in total. The second kappa shape index (κ2) is 4.22. The summed E-state index contributed by atoms with van der Waals surface area (Å²) in [4.78, 5) is 0. The summed E-state index contributed by atoms with van der Waals surface area (Å²) >= 11 is 0. The van der Waals surface area contributed by atoms with E-state index in [2.05, 4.69) is 10.2 Å². The fraction of sp³-hybridized carbons (Fsp3) is 0.308. The van der Waals surface area contributed by atoms with Crippen LogP contribution >= 0.6 is 0 Å². The Balaban J connectivity index is 2.34. The van der Waals surface area contributed by atoms with Gasteiger partial charge in [0.2, 0.25) is 0 Å². The molecule has 90 valence electrons. The lowest BCUT2D eigenvalue weighted by Crippen LogP contribution is -2.19. The van der Waals surface area contributed by atoms with Gasteiger partial charge in [0.1, 0.15) is 5.82 Å². The van der Waals surface area contributed by atoms with Gasteiger partial charge < -0.3 is 10.5 Å². The summed E-state index contributed by atoms with van der Waals surface area (Å²) in [6, 6.07) is 8.14. The van der Waals surface area contributed by atoms with Gasteiger partial charge in [0, 0.05) is 12.7 Å². The number of hydrogen-bond donors (Lipinski definition) is 2. The molecule has 0 saturated carbocycles. The molecule has 0 aliphatic rings. The molecular weight excluding hydrogens is 214 g/mol. The number of nitrogens with one attached hydrogen (secondary N) is 1. The Labute approximate surface area is 101 Å². The third-order valence-electron chi connectivity index (χ3n) is 3.07. The van der Waals surface area contributed by atoms with Gasteiger partial charge >= 0.3 is 0 Å². The molecule has 1 aromatic carbocycles. The summed E-state index contributed by atoms with van der Waals surface area (Å²) in [5.74, 6) is 0.587. The van der Waals surface area contributed by atoms with Crippen LogP contribution in [0.3, 0.4) is 0 Å². The van der Waals surface area contributed by atoms with Crippen molar-refractivity contribution in [2.75, 3.05) is 12.8 Å². The highest BCUT2D eigenvalue weighted by Crippen LogP contribution is 2.28. The number of aromatic amines is 1. The Bertz CT molecular complexity index is 500.